The van der Waals surface area contributed by atoms with Crippen LogP contribution in [0.3, 0.4) is 0 Å². The zero-order chi connectivity index (χ0) is 14.5. The molecule has 5 heteroatoms. The first-order valence-corrected chi connectivity index (χ1v) is 7.63. The summed E-state index contributed by atoms with van der Waals surface area (Å²) in [6.07, 6.45) is 0.914. The lowest BCUT2D eigenvalue weighted by Crippen LogP contribution is -2.06. The first-order chi connectivity index (χ1) is 9.69. The molecule has 0 aliphatic rings. The Balaban J connectivity index is 2.11. The highest BCUT2D eigenvalue weighted by molar-refractivity contribution is 9.10. The van der Waals surface area contributed by atoms with Crippen molar-refractivity contribution < 1.29 is 4.74 Å². The third-order valence-electron chi connectivity index (χ3n) is 3.21. The molecular weight excluding hydrogens is 318 g/mol. The van der Waals surface area contributed by atoms with Crippen molar-refractivity contribution in [3.63, 3.8) is 0 Å². The molecular formula is C15H20BrN3O. The number of halogens is 1. The third-order valence-corrected chi connectivity index (χ3v) is 4.13. The van der Waals surface area contributed by atoms with Crippen LogP contribution >= 0.6 is 15.9 Å². The first kappa shape index (κ1) is 14.9. The summed E-state index contributed by atoms with van der Waals surface area (Å²) < 4.78 is 8.91. The Bertz CT molecular complexity index is 563. The van der Waals surface area contributed by atoms with Crippen LogP contribution in [0.1, 0.15) is 25.2 Å². The quantitative estimate of drug-likeness (QED) is 0.870. The van der Waals surface area contributed by atoms with Crippen molar-refractivity contribution in [1.82, 2.24) is 9.78 Å². The molecule has 2 rings (SSSR count). The van der Waals surface area contributed by atoms with Crippen molar-refractivity contribution in [3.05, 3.63) is 40.1 Å². The lowest BCUT2D eigenvalue weighted by atomic mass is 10.3. The van der Waals surface area contributed by atoms with Crippen LogP contribution in [-0.2, 0) is 19.6 Å². The zero-order valence-corrected chi connectivity index (χ0v) is 13.7. The number of nitrogens with one attached hydrogen (secondary N) is 1. The molecule has 2 aromatic rings. The molecule has 0 radical (unpaired) electrons. The van der Waals surface area contributed by atoms with Gasteiger partial charge in [0.2, 0.25) is 0 Å². The summed E-state index contributed by atoms with van der Waals surface area (Å²) in [5, 5.41) is 7.66. The van der Waals surface area contributed by atoms with Gasteiger partial charge in [-0.3, -0.25) is 4.68 Å². The van der Waals surface area contributed by atoms with Crippen LogP contribution < -0.4 is 10.1 Å². The lowest BCUT2D eigenvalue weighted by molar-refractivity contribution is 0.291. The maximum atomic E-state index is 5.85. The number of nitrogens with zero attached hydrogens (tertiary/aromatic N) is 2. The minimum atomic E-state index is 0.514. The fraction of sp³-hybridized carbons (Fsp3) is 0.400. The van der Waals surface area contributed by atoms with Gasteiger partial charge in [0, 0.05) is 19.3 Å². The van der Waals surface area contributed by atoms with E-state index >= 15 is 0 Å². The average molecular weight is 338 g/mol. The molecule has 0 saturated carbocycles. The van der Waals surface area contributed by atoms with Crippen molar-refractivity contribution >= 4 is 21.6 Å². The van der Waals surface area contributed by atoms with Crippen molar-refractivity contribution in [2.45, 2.75) is 33.4 Å². The topological polar surface area (TPSA) is 39.1 Å². The standard InChI is InChI=1S/C15H20BrN3O/c1-4-13-15(16)14(19(5-2)18-13)10-20-12-8-6-11(17-3)7-9-12/h6-9,17H,4-5,10H2,1-3H3. The molecule has 0 saturated heterocycles. The molecule has 1 aromatic heterocycles. The van der Waals surface area contributed by atoms with Gasteiger partial charge in [0.15, 0.2) is 0 Å². The summed E-state index contributed by atoms with van der Waals surface area (Å²) >= 11 is 3.63. The molecule has 0 bridgehead atoms. The van der Waals surface area contributed by atoms with Gasteiger partial charge in [-0.1, -0.05) is 6.92 Å². The molecule has 0 unspecified atom stereocenters. The second-order valence-corrected chi connectivity index (χ2v) is 5.23. The van der Waals surface area contributed by atoms with Crippen LogP contribution in [0.5, 0.6) is 5.75 Å². The number of aryl methyl sites for hydroxylation is 2. The summed E-state index contributed by atoms with van der Waals surface area (Å²) in [5.41, 5.74) is 3.24. The molecule has 0 fully saturated rings. The van der Waals surface area contributed by atoms with E-state index in [0.717, 1.165) is 40.3 Å². The fourth-order valence-corrected chi connectivity index (χ4v) is 2.70. The predicted molar refractivity (Wildman–Crippen MR) is 85.3 cm³/mol. The maximum Gasteiger partial charge on any atom is 0.131 e. The van der Waals surface area contributed by atoms with Gasteiger partial charge < -0.3 is 10.1 Å². The molecule has 0 spiro atoms. The largest absolute Gasteiger partial charge is 0.487 e. The van der Waals surface area contributed by atoms with E-state index in [0.29, 0.717) is 6.61 Å². The lowest BCUT2D eigenvalue weighted by Gasteiger charge is -2.09. The van der Waals surface area contributed by atoms with E-state index in [1.807, 2.05) is 36.0 Å². The van der Waals surface area contributed by atoms with Gasteiger partial charge in [-0.05, 0) is 53.5 Å². The van der Waals surface area contributed by atoms with Gasteiger partial charge in [0.25, 0.3) is 0 Å². The molecule has 1 aromatic carbocycles. The van der Waals surface area contributed by atoms with Crippen molar-refractivity contribution in [1.29, 1.82) is 0 Å². The van der Waals surface area contributed by atoms with E-state index in [1.54, 1.807) is 0 Å². The molecule has 0 atom stereocenters. The summed E-state index contributed by atoms with van der Waals surface area (Å²) in [4.78, 5) is 0. The highest BCUT2D eigenvalue weighted by atomic mass is 79.9. The van der Waals surface area contributed by atoms with Crippen molar-refractivity contribution in [3.8, 4) is 5.75 Å². The number of hydrogen-bond donors (Lipinski definition) is 1. The molecule has 0 amide bonds. The second-order valence-electron chi connectivity index (χ2n) is 4.44. The highest BCUT2D eigenvalue weighted by Crippen LogP contribution is 2.24. The number of rotatable bonds is 6. The van der Waals surface area contributed by atoms with E-state index in [1.165, 1.54) is 0 Å². The highest BCUT2D eigenvalue weighted by Gasteiger charge is 2.14. The number of benzene rings is 1. The summed E-state index contributed by atoms with van der Waals surface area (Å²) in [6, 6.07) is 7.93. The van der Waals surface area contributed by atoms with Gasteiger partial charge in [-0.25, -0.2) is 0 Å². The summed E-state index contributed by atoms with van der Waals surface area (Å²) in [6.45, 7) is 5.55. The Morgan fingerprint density at radius 1 is 1.25 bits per heavy atom. The van der Waals surface area contributed by atoms with Crippen molar-refractivity contribution in [2.24, 2.45) is 0 Å². The Morgan fingerprint density at radius 2 is 1.95 bits per heavy atom. The number of ether oxygens (including phenoxy) is 1. The van der Waals surface area contributed by atoms with E-state index in [-0.39, 0.29) is 0 Å². The van der Waals surface area contributed by atoms with Crippen LogP contribution in [0.4, 0.5) is 5.69 Å². The van der Waals surface area contributed by atoms with Crippen molar-refractivity contribution in [2.75, 3.05) is 12.4 Å². The Morgan fingerprint density at radius 3 is 2.50 bits per heavy atom. The molecule has 0 aliphatic carbocycles. The maximum absolute atomic E-state index is 5.85. The smallest absolute Gasteiger partial charge is 0.131 e. The summed E-state index contributed by atoms with van der Waals surface area (Å²) in [7, 11) is 1.90. The Hall–Kier alpha value is -1.49. The molecule has 1 N–H and O–H groups in total. The van der Waals surface area contributed by atoms with Crippen LogP contribution in [-0.4, -0.2) is 16.8 Å². The monoisotopic (exact) mass is 337 g/mol. The van der Waals surface area contributed by atoms with E-state index in [9.17, 15) is 0 Å². The fourth-order valence-electron chi connectivity index (χ4n) is 2.02. The van der Waals surface area contributed by atoms with Crippen LogP contribution in [0.2, 0.25) is 0 Å². The molecule has 1 heterocycles. The Kier molecular flexibility index (Phi) is 5.06. The zero-order valence-electron chi connectivity index (χ0n) is 12.1. The van der Waals surface area contributed by atoms with Crippen LogP contribution in [0.25, 0.3) is 0 Å². The van der Waals surface area contributed by atoms with Gasteiger partial charge >= 0.3 is 0 Å². The van der Waals surface area contributed by atoms with Gasteiger partial charge in [-0.2, -0.15) is 5.10 Å². The molecule has 0 aliphatic heterocycles. The Labute approximate surface area is 128 Å². The number of hydrogen-bond acceptors (Lipinski definition) is 3. The predicted octanol–water partition coefficient (Wildman–Crippen LogP) is 3.85. The van der Waals surface area contributed by atoms with Gasteiger partial charge in [0.1, 0.15) is 12.4 Å². The van der Waals surface area contributed by atoms with Crippen LogP contribution in [0.15, 0.2) is 28.7 Å². The van der Waals surface area contributed by atoms with Gasteiger partial charge in [0.05, 0.1) is 15.9 Å². The van der Waals surface area contributed by atoms with Crippen LogP contribution in [0, 0.1) is 0 Å². The molecule has 108 valence electrons. The number of aromatic nitrogens is 2. The van der Waals surface area contributed by atoms with E-state index < -0.39 is 0 Å². The number of anilines is 1. The third kappa shape index (κ3) is 3.15. The summed E-state index contributed by atoms with van der Waals surface area (Å²) in [5.74, 6) is 0.859. The first-order valence-electron chi connectivity index (χ1n) is 6.84. The normalized spacial score (nSPS) is 10.6. The second kappa shape index (κ2) is 6.79. The minimum Gasteiger partial charge on any atom is -0.487 e. The van der Waals surface area contributed by atoms with Gasteiger partial charge in [-0.15, -0.1) is 0 Å². The SMILES string of the molecule is CCc1nn(CC)c(COc2ccc(NC)cc2)c1Br. The minimum absolute atomic E-state index is 0.514. The molecule has 20 heavy (non-hydrogen) atoms. The molecule has 4 nitrogen and oxygen atoms in total. The van der Waals surface area contributed by atoms with E-state index in [4.69, 9.17) is 4.74 Å². The average Bonchev–Trinajstić information content (AvgIpc) is 2.81. The van der Waals surface area contributed by atoms with E-state index in [2.05, 4.69) is 40.2 Å².